The second-order valence-corrected chi connectivity index (χ2v) is 5.53. The molecular formula is C16H25NO2. The van der Waals surface area contributed by atoms with E-state index in [2.05, 4.69) is 13.8 Å². The van der Waals surface area contributed by atoms with Gasteiger partial charge in [-0.1, -0.05) is 26.0 Å². The van der Waals surface area contributed by atoms with E-state index in [4.69, 9.17) is 15.2 Å². The van der Waals surface area contributed by atoms with Crippen molar-refractivity contribution in [3.63, 3.8) is 0 Å². The molecule has 1 fully saturated rings. The molecule has 3 unspecified atom stereocenters. The van der Waals surface area contributed by atoms with Gasteiger partial charge in [0.15, 0.2) is 11.5 Å². The summed E-state index contributed by atoms with van der Waals surface area (Å²) in [7, 11) is 0. The van der Waals surface area contributed by atoms with Gasteiger partial charge in [0.25, 0.3) is 0 Å². The van der Waals surface area contributed by atoms with Gasteiger partial charge in [0.05, 0.1) is 6.61 Å². The molecule has 0 radical (unpaired) electrons. The van der Waals surface area contributed by atoms with Gasteiger partial charge in [-0.3, -0.25) is 0 Å². The minimum absolute atomic E-state index is 0.107. The average molecular weight is 263 g/mol. The molecule has 1 aromatic carbocycles. The average Bonchev–Trinajstić information content (AvgIpc) is 2.42. The third-order valence-electron chi connectivity index (χ3n) is 3.69. The van der Waals surface area contributed by atoms with Gasteiger partial charge < -0.3 is 15.2 Å². The van der Waals surface area contributed by atoms with Crippen LogP contribution >= 0.6 is 0 Å². The van der Waals surface area contributed by atoms with Crippen LogP contribution in [0, 0.1) is 5.92 Å². The Hall–Kier alpha value is -1.22. The zero-order valence-corrected chi connectivity index (χ0v) is 12.0. The van der Waals surface area contributed by atoms with Gasteiger partial charge in [0, 0.05) is 6.04 Å². The van der Waals surface area contributed by atoms with E-state index in [0.29, 0.717) is 12.5 Å². The molecule has 0 amide bonds. The quantitative estimate of drug-likeness (QED) is 0.885. The SMILES string of the molecule is CCCOc1ccccc1OC1CC(C)CCC1N. The Kier molecular flexibility index (Phi) is 5.08. The summed E-state index contributed by atoms with van der Waals surface area (Å²) in [4.78, 5) is 0. The van der Waals surface area contributed by atoms with Gasteiger partial charge in [-0.15, -0.1) is 0 Å². The first-order chi connectivity index (χ1) is 9.20. The zero-order valence-electron chi connectivity index (χ0n) is 12.0. The maximum atomic E-state index is 6.17. The van der Waals surface area contributed by atoms with Crippen molar-refractivity contribution in [2.45, 2.75) is 51.7 Å². The monoisotopic (exact) mass is 263 g/mol. The number of hydrogen-bond acceptors (Lipinski definition) is 3. The van der Waals surface area contributed by atoms with Crippen LogP contribution in [0.3, 0.4) is 0 Å². The van der Waals surface area contributed by atoms with Crippen LogP contribution in [0.25, 0.3) is 0 Å². The van der Waals surface area contributed by atoms with Gasteiger partial charge >= 0.3 is 0 Å². The normalized spacial score (nSPS) is 27.0. The molecule has 0 bridgehead atoms. The van der Waals surface area contributed by atoms with Crippen molar-refractivity contribution in [2.24, 2.45) is 11.7 Å². The van der Waals surface area contributed by atoms with Crippen LogP contribution in [0.1, 0.15) is 39.5 Å². The first-order valence-corrected chi connectivity index (χ1v) is 7.34. The smallest absolute Gasteiger partial charge is 0.161 e. The zero-order chi connectivity index (χ0) is 13.7. The molecule has 3 nitrogen and oxygen atoms in total. The maximum Gasteiger partial charge on any atom is 0.161 e. The predicted octanol–water partition coefficient (Wildman–Crippen LogP) is 3.37. The number of ether oxygens (including phenoxy) is 2. The first kappa shape index (κ1) is 14.2. The minimum atomic E-state index is 0.107. The second-order valence-electron chi connectivity index (χ2n) is 5.53. The summed E-state index contributed by atoms with van der Waals surface area (Å²) in [5, 5.41) is 0. The van der Waals surface area contributed by atoms with Crippen molar-refractivity contribution in [3.05, 3.63) is 24.3 Å². The summed E-state index contributed by atoms with van der Waals surface area (Å²) in [6.45, 7) is 5.08. The van der Waals surface area contributed by atoms with Crippen LogP contribution in [0.15, 0.2) is 24.3 Å². The Balaban J connectivity index is 2.04. The fraction of sp³-hybridized carbons (Fsp3) is 0.625. The minimum Gasteiger partial charge on any atom is -0.490 e. The van der Waals surface area contributed by atoms with Gasteiger partial charge in [-0.2, -0.15) is 0 Å². The molecule has 19 heavy (non-hydrogen) atoms. The standard InChI is InChI=1S/C16H25NO2/c1-3-10-18-14-6-4-5-7-15(14)19-16-11-12(2)8-9-13(16)17/h4-7,12-13,16H,3,8-11,17H2,1-2H3. The van der Waals surface area contributed by atoms with E-state index < -0.39 is 0 Å². The van der Waals surface area contributed by atoms with Crippen molar-refractivity contribution in [2.75, 3.05) is 6.61 Å². The summed E-state index contributed by atoms with van der Waals surface area (Å²) >= 11 is 0. The molecule has 1 aromatic rings. The van der Waals surface area contributed by atoms with Crippen LogP contribution in [0.5, 0.6) is 11.5 Å². The van der Waals surface area contributed by atoms with Crippen molar-refractivity contribution in [3.8, 4) is 11.5 Å². The van der Waals surface area contributed by atoms with E-state index >= 15 is 0 Å². The number of para-hydroxylation sites is 2. The highest BCUT2D eigenvalue weighted by molar-refractivity contribution is 5.39. The Morgan fingerprint density at radius 3 is 2.68 bits per heavy atom. The summed E-state index contributed by atoms with van der Waals surface area (Å²) in [5.41, 5.74) is 6.17. The van der Waals surface area contributed by atoms with Crippen molar-refractivity contribution >= 4 is 0 Å². The van der Waals surface area contributed by atoms with E-state index in [1.165, 1.54) is 6.42 Å². The van der Waals surface area contributed by atoms with E-state index in [1.54, 1.807) is 0 Å². The Labute approximate surface area is 116 Å². The predicted molar refractivity (Wildman–Crippen MR) is 77.6 cm³/mol. The first-order valence-electron chi connectivity index (χ1n) is 7.34. The van der Waals surface area contributed by atoms with E-state index in [9.17, 15) is 0 Å². The van der Waals surface area contributed by atoms with Crippen molar-refractivity contribution in [1.29, 1.82) is 0 Å². The van der Waals surface area contributed by atoms with Crippen molar-refractivity contribution < 1.29 is 9.47 Å². The highest BCUT2D eigenvalue weighted by Crippen LogP contribution is 2.32. The molecule has 0 heterocycles. The second kappa shape index (κ2) is 6.80. The number of hydrogen-bond donors (Lipinski definition) is 1. The maximum absolute atomic E-state index is 6.17. The molecule has 0 aromatic heterocycles. The largest absolute Gasteiger partial charge is 0.490 e. The lowest BCUT2D eigenvalue weighted by Crippen LogP contribution is -2.43. The third-order valence-corrected chi connectivity index (χ3v) is 3.69. The van der Waals surface area contributed by atoms with Gasteiger partial charge in [-0.25, -0.2) is 0 Å². The summed E-state index contributed by atoms with van der Waals surface area (Å²) in [5.74, 6) is 2.34. The lowest BCUT2D eigenvalue weighted by atomic mass is 9.85. The highest BCUT2D eigenvalue weighted by atomic mass is 16.5. The molecule has 0 aliphatic heterocycles. The molecule has 2 N–H and O–H groups in total. The summed E-state index contributed by atoms with van der Waals surface area (Å²) in [6.07, 6.45) is 4.38. The van der Waals surface area contributed by atoms with Gasteiger partial charge in [0.2, 0.25) is 0 Å². The summed E-state index contributed by atoms with van der Waals surface area (Å²) in [6, 6.07) is 8.02. The molecule has 3 atom stereocenters. The fourth-order valence-corrected chi connectivity index (χ4v) is 2.53. The molecule has 0 saturated heterocycles. The van der Waals surface area contributed by atoms with Crippen LogP contribution in [-0.4, -0.2) is 18.8 Å². The molecule has 1 aliphatic carbocycles. The molecule has 2 rings (SSSR count). The fourth-order valence-electron chi connectivity index (χ4n) is 2.53. The van der Waals surface area contributed by atoms with Crippen LogP contribution in [-0.2, 0) is 0 Å². The molecule has 1 saturated carbocycles. The number of rotatable bonds is 5. The Morgan fingerprint density at radius 1 is 1.21 bits per heavy atom. The Morgan fingerprint density at radius 2 is 1.95 bits per heavy atom. The van der Waals surface area contributed by atoms with Gasteiger partial charge in [-0.05, 0) is 43.7 Å². The Bertz CT molecular complexity index is 394. The number of nitrogens with two attached hydrogens (primary N) is 1. The third kappa shape index (κ3) is 3.87. The van der Waals surface area contributed by atoms with Crippen LogP contribution in [0.4, 0.5) is 0 Å². The topological polar surface area (TPSA) is 44.5 Å². The molecule has 1 aliphatic rings. The van der Waals surface area contributed by atoms with Crippen molar-refractivity contribution in [1.82, 2.24) is 0 Å². The molecule has 0 spiro atoms. The van der Waals surface area contributed by atoms with Crippen LogP contribution in [0.2, 0.25) is 0 Å². The van der Waals surface area contributed by atoms with Gasteiger partial charge in [0.1, 0.15) is 6.10 Å². The summed E-state index contributed by atoms with van der Waals surface area (Å²) < 4.78 is 11.8. The lowest BCUT2D eigenvalue weighted by molar-refractivity contribution is 0.103. The van der Waals surface area contributed by atoms with E-state index in [1.807, 2.05) is 24.3 Å². The highest BCUT2D eigenvalue weighted by Gasteiger charge is 2.28. The molecule has 3 heteroatoms. The van der Waals surface area contributed by atoms with E-state index in [0.717, 1.165) is 30.8 Å². The molecule has 106 valence electrons. The van der Waals surface area contributed by atoms with Crippen LogP contribution < -0.4 is 15.2 Å². The number of benzene rings is 1. The van der Waals surface area contributed by atoms with E-state index in [-0.39, 0.29) is 12.1 Å². The molecular weight excluding hydrogens is 238 g/mol. The lowest BCUT2D eigenvalue weighted by Gasteiger charge is -2.33.